The third-order valence-corrected chi connectivity index (χ3v) is 4.92. The lowest BCUT2D eigenvalue weighted by molar-refractivity contribution is 0.0672. The van der Waals surface area contributed by atoms with E-state index in [4.69, 9.17) is 0 Å². The molecule has 2 atom stereocenters. The molecule has 26 heavy (non-hydrogen) atoms. The van der Waals surface area contributed by atoms with Crippen LogP contribution in [-0.2, 0) is 5.60 Å². The predicted octanol–water partition coefficient (Wildman–Crippen LogP) is 2.57. The van der Waals surface area contributed by atoms with Gasteiger partial charge >= 0.3 is 0 Å². The summed E-state index contributed by atoms with van der Waals surface area (Å²) < 4.78 is 0. The van der Waals surface area contributed by atoms with Crippen molar-refractivity contribution in [1.29, 1.82) is 0 Å². The standard InChI is InChI=1S/C21H36N4O/c1-4-22-20(23-15-18(2)16-25-13-9-6-10-14-25)24-17-21(3,26)19-11-7-5-8-12-19/h5,7-8,11-12,18,26H,4,6,9-10,13-17H2,1-3H3,(H2,22,23,24). The minimum atomic E-state index is -0.969. The molecular weight excluding hydrogens is 324 g/mol. The van der Waals surface area contributed by atoms with Crippen molar-refractivity contribution in [1.82, 2.24) is 15.5 Å². The summed E-state index contributed by atoms with van der Waals surface area (Å²) in [5, 5.41) is 17.4. The highest BCUT2D eigenvalue weighted by atomic mass is 16.3. The summed E-state index contributed by atoms with van der Waals surface area (Å²) in [7, 11) is 0. The average Bonchev–Trinajstić information content (AvgIpc) is 2.65. The molecule has 1 aromatic rings. The second-order valence-corrected chi connectivity index (χ2v) is 7.68. The van der Waals surface area contributed by atoms with Crippen LogP contribution in [0.4, 0.5) is 0 Å². The Kier molecular flexibility index (Phi) is 8.39. The lowest BCUT2D eigenvalue weighted by Gasteiger charge is -2.29. The number of guanidine groups is 1. The highest BCUT2D eigenvalue weighted by molar-refractivity contribution is 5.79. The molecule has 3 N–H and O–H groups in total. The number of nitrogens with one attached hydrogen (secondary N) is 2. The van der Waals surface area contributed by atoms with E-state index in [9.17, 15) is 5.11 Å². The third kappa shape index (κ3) is 6.96. The van der Waals surface area contributed by atoms with Gasteiger partial charge in [-0.3, -0.25) is 0 Å². The van der Waals surface area contributed by atoms with Crippen molar-refractivity contribution >= 4 is 5.96 Å². The van der Waals surface area contributed by atoms with Crippen LogP contribution in [0.5, 0.6) is 0 Å². The van der Waals surface area contributed by atoms with Crippen molar-refractivity contribution < 1.29 is 5.11 Å². The van der Waals surface area contributed by atoms with E-state index in [0.717, 1.165) is 31.2 Å². The molecule has 2 unspecified atom stereocenters. The number of hydrogen-bond acceptors (Lipinski definition) is 3. The van der Waals surface area contributed by atoms with Crippen molar-refractivity contribution in [3.8, 4) is 0 Å². The first kappa shape index (κ1) is 20.7. The maximum absolute atomic E-state index is 10.7. The van der Waals surface area contributed by atoms with Crippen LogP contribution in [0.3, 0.4) is 0 Å². The molecule has 1 saturated heterocycles. The van der Waals surface area contributed by atoms with Gasteiger partial charge in [-0.2, -0.15) is 0 Å². The Bertz CT molecular complexity index is 538. The Morgan fingerprint density at radius 2 is 1.88 bits per heavy atom. The van der Waals surface area contributed by atoms with Gasteiger partial charge in [0.05, 0.1) is 6.54 Å². The summed E-state index contributed by atoms with van der Waals surface area (Å²) in [6, 6.07) is 9.73. The van der Waals surface area contributed by atoms with Crippen LogP contribution in [0, 0.1) is 5.92 Å². The van der Waals surface area contributed by atoms with Gasteiger partial charge < -0.3 is 20.6 Å². The fraction of sp³-hybridized carbons (Fsp3) is 0.667. The maximum atomic E-state index is 10.7. The minimum absolute atomic E-state index is 0.326. The molecule has 0 amide bonds. The summed E-state index contributed by atoms with van der Waals surface area (Å²) in [5.41, 5.74) is -0.0821. The second-order valence-electron chi connectivity index (χ2n) is 7.68. The van der Waals surface area contributed by atoms with Crippen molar-refractivity contribution in [3.63, 3.8) is 0 Å². The maximum Gasteiger partial charge on any atom is 0.191 e. The van der Waals surface area contributed by atoms with Gasteiger partial charge in [0.25, 0.3) is 0 Å². The Hall–Kier alpha value is -1.59. The summed E-state index contributed by atoms with van der Waals surface area (Å²) in [4.78, 5) is 7.18. The first-order valence-electron chi connectivity index (χ1n) is 10.0. The molecule has 1 aliphatic heterocycles. The van der Waals surface area contributed by atoms with E-state index in [0.29, 0.717) is 12.5 Å². The number of rotatable bonds is 8. The number of aliphatic imine (C=N–C) groups is 1. The van der Waals surface area contributed by atoms with Crippen LogP contribution >= 0.6 is 0 Å². The summed E-state index contributed by atoms with van der Waals surface area (Å²) in [6.07, 6.45) is 4.04. The number of likely N-dealkylation sites (tertiary alicyclic amines) is 1. The molecular formula is C21H36N4O. The molecule has 146 valence electrons. The zero-order chi connectivity index (χ0) is 18.8. The fourth-order valence-electron chi connectivity index (χ4n) is 3.38. The van der Waals surface area contributed by atoms with Gasteiger partial charge in [-0.25, -0.2) is 4.99 Å². The highest BCUT2D eigenvalue weighted by Crippen LogP contribution is 2.20. The molecule has 5 heteroatoms. The Balaban J connectivity index is 1.85. The molecule has 1 aliphatic rings. The van der Waals surface area contributed by atoms with Crippen LogP contribution in [0.2, 0.25) is 0 Å². The van der Waals surface area contributed by atoms with Gasteiger partial charge in [0, 0.05) is 19.6 Å². The van der Waals surface area contributed by atoms with E-state index in [1.165, 1.54) is 32.4 Å². The number of piperidine rings is 1. The van der Waals surface area contributed by atoms with Crippen molar-refractivity contribution in [2.45, 2.75) is 45.6 Å². The minimum Gasteiger partial charge on any atom is -0.384 e. The van der Waals surface area contributed by atoms with Crippen molar-refractivity contribution in [2.75, 3.05) is 39.3 Å². The van der Waals surface area contributed by atoms with E-state index in [1.807, 2.05) is 37.3 Å². The smallest absolute Gasteiger partial charge is 0.191 e. The van der Waals surface area contributed by atoms with Gasteiger partial charge in [-0.15, -0.1) is 0 Å². The van der Waals surface area contributed by atoms with Crippen molar-refractivity contribution in [3.05, 3.63) is 35.9 Å². The molecule has 0 radical (unpaired) electrons. The van der Waals surface area contributed by atoms with Gasteiger partial charge in [0.15, 0.2) is 5.96 Å². The molecule has 0 bridgehead atoms. The molecule has 0 aromatic heterocycles. The van der Waals surface area contributed by atoms with E-state index >= 15 is 0 Å². The molecule has 1 fully saturated rings. The first-order chi connectivity index (χ1) is 12.5. The molecule has 1 heterocycles. The quantitative estimate of drug-likeness (QED) is 0.493. The van der Waals surface area contributed by atoms with E-state index < -0.39 is 5.60 Å². The Labute approximate surface area is 158 Å². The van der Waals surface area contributed by atoms with E-state index in [2.05, 4.69) is 34.4 Å². The topological polar surface area (TPSA) is 59.9 Å². The van der Waals surface area contributed by atoms with Gasteiger partial charge in [-0.05, 0) is 51.3 Å². The molecule has 2 rings (SSSR count). The largest absolute Gasteiger partial charge is 0.384 e. The zero-order valence-corrected chi connectivity index (χ0v) is 16.7. The monoisotopic (exact) mass is 360 g/mol. The molecule has 0 aliphatic carbocycles. The lowest BCUT2D eigenvalue weighted by atomic mass is 9.96. The summed E-state index contributed by atoms with van der Waals surface area (Å²) in [5.74, 6) is 1.33. The highest BCUT2D eigenvalue weighted by Gasteiger charge is 2.22. The van der Waals surface area contributed by atoms with Crippen LogP contribution in [0.15, 0.2) is 35.3 Å². The van der Waals surface area contributed by atoms with Crippen LogP contribution in [0.1, 0.15) is 45.6 Å². The number of hydrogen-bond donors (Lipinski definition) is 3. The van der Waals surface area contributed by atoms with Gasteiger partial charge in [0.1, 0.15) is 5.60 Å². The van der Waals surface area contributed by atoms with E-state index in [-0.39, 0.29) is 0 Å². The Morgan fingerprint density at radius 3 is 2.54 bits per heavy atom. The van der Waals surface area contributed by atoms with Crippen LogP contribution in [0.25, 0.3) is 0 Å². The molecule has 0 saturated carbocycles. The van der Waals surface area contributed by atoms with E-state index in [1.54, 1.807) is 0 Å². The average molecular weight is 361 g/mol. The van der Waals surface area contributed by atoms with Crippen LogP contribution < -0.4 is 10.6 Å². The fourth-order valence-corrected chi connectivity index (χ4v) is 3.38. The van der Waals surface area contributed by atoms with Crippen molar-refractivity contribution in [2.24, 2.45) is 10.9 Å². The molecule has 1 aromatic carbocycles. The molecule has 5 nitrogen and oxygen atoms in total. The zero-order valence-electron chi connectivity index (χ0n) is 16.7. The third-order valence-electron chi connectivity index (χ3n) is 4.92. The number of nitrogens with zero attached hydrogens (tertiary/aromatic N) is 2. The molecule has 0 spiro atoms. The van der Waals surface area contributed by atoms with Crippen LogP contribution in [-0.4, -0.2) is 55.2 Å². The lowest BCUT2D eigenvalue weighted by Crippen LogP contribution is -2.43. The summed E-state index contributed by atoms with van der Waals surface area (Å²) >= 11 is 0. The first-order valence-corrected chi connectivity index (χ1v) is 10.0. The number of benzene rings is 1. The SMILES string of the molecule is CCNC(=NCC(C)(O)c1ccccc1)NCC(C)CN1CCCCC1. The van der Waals surface area contributed by atoms with Gasteiger partial charge in [0.2, 0.25) is 0 Å². The predicted molar refractivity (Wildman–Crippen MR) is 109 cm³/mol. The number of aliphatic hydroxyl groups is 1. The Morgan fingerprint density at radius 1 is 1.19 bits per heavy atom. The normalized spacial score (nSPS) is 19.6. The van der Waals surface area contributed by atoms with Gasteiger partial charge in [-0.1, -0.05) is 43.7 Å². The second kappa shape index (κ2) is 10.5. The summed E-state index contributed by atoms with van der Waals surface area (Å²) in [6.45, 7) is 11.8.